The van der Waals surface area contributed by atoms with Gasteiger partial charge in [-0.2, -0.15) is 4.31 Å². The van der Waals surface area contributed by atoms with Crippen LogP contribution in [0, 0.1) is 0 Å². The first kappa shape index (κ1) is 21.0. The average molecular weight is 428 g/mol. The number of hydrogen-bond donors (Lipinski definition) is 1. The van der Waals surface area contributed by atoms with Crippen LogP contribution >= 0.6 is 0 Å². The predicted octanol–water partition coefficient (Wildman–Crippen LogP) is 3.04. The van der Waals surface area contributed by atoms with Crippen LogP contribution in [0.15, 0.2) is 59.5 Å². The van der Waals surface area contributed by atoms with E-state index >= 15 is 0 Å². The lowest BCUT2D eigenvalue weighted by Gasteiger charge is -2.28. The zero-order chi connectivity index (χ0) is 21.0. The Bertz CT molecular complexity index is 966. The molecule has 1 atom stereocenters. The molecule has 160 valence electrons. The van der Waals surface area contributed by atoms with Gasteiger partial charge in [-0.05, 0) is 62.5 Å². The van der Waals surface area contributed by atoms with Gasteiger partial charge in [0, 0.05) is 25.2 Å². The molecular weight excluding hydrogens is 398 g/mol. The summed E-state index contributed by atoms with van der Waals surface area (Å²) in [5, 5.41) is 3.03. The third-order valence-electron chi connectivity index (χ3n) is 6.02. The normalized spacial score (nSPS) is 19.1. The van der Waals surface area contributed by atoms with Crippen LogP contribution in [-0.4, -0.2) is 56.3 Å². The quantitative estimate of drug-likeness (QED) is 0.737. The highest BCUT2D eigenvalue weighted by Gasteiger charge is 2.28. The lowest BCUT2D eigenvalue weighted by molar-refractivity contribution is 0.0937. The van der Waals surface area contributed by atoms with Crippen LogP contribution in [0.5, 0.6) is 0 Å². The van der Waals surface area contributed by atoms with Crippen molar-refractivity contribution in [3.63, 3.8) is 0 Å². The van der Waals surface area contributed by atoms with Crippen molar-refractivity contribution < 1.29 is 13.2 Å². The van der Waals surface area contributed by atoms with Crippen LogP contribution in [0.4, 0.5) is 0 Å². The number of benzene rings is 2. The molecule has 2 aromatic rings. The topological polar surface area (TPSA) is 69.7 Å². The molecule has 0 bridgehead atoms. The second-order valence-corrected chi connectivity index (χ2v) is 9.96. The molecule has 4 rings (SSSR count). The van der Waals surface area contributed by atoms with Crippen molar-refractivity contribution in [2.75, 3.05) is 32.7 Å². The van der Waals surface area contributed by atoms with Crippen molar-refractivity contribution in [2.24, 2.45) is 0 Å². The van der Waals surface area contributed by atoms with Gasteiger partial charge in [0.25, 0.3) is 5.91 Å². The largest absolute Gasteiger partial charge is 0.350 e. The molecule has 0 radical (unpaired) electrons. The summed E-state index contributed by atoms with van der Waals surface area (Å²) in [4.78, 5) is 15.5. The highest BCUT2D eigenvalue weighted by atomic mass is 32.2. The third-order valence-corrected chi connectivity index (χ3v) is 7.92. The van der Waals surface area contributed by atoms with Gasteiger partial charge in [-0.25, -0.2) is 8.42 Å². The SMILES string of the molecule is O=C(NCC(c1ccccc1)N1CCCC1)c1cccc(S(=O)(=O)N2CCCC2)c1. The zero-order valence-electron chi connectivity index (χ0n) is 17.2. The Morgan fingerprint density at radius 2 is 1.57 bits per heavy atom. The lowest BCUT2D eigenvalue weighted by atomic mass is 10.1. The van der Waals surface area contributed by atoms with Gasteiger partial charge in [-0.3, -0.25) is 9.69 Å². The predicted molar refractivity (Wildman–Crippen MR) is 117 cm³/mol. The van der Waals surface area contributed by atoms with Crippen molar-refractivity contribution in [1.82, 2.24) is 14.5 Å². The lowest BCUT2D eigenvalue weighted by Crippen LogP contribution is -2.37. The van der Waals surface area contributed by atoms with Crippen LogP contribution in [0.2, 0.25) is 0 Å². The molecule has 0 aliphatic carbocycles. The molecule has 2 saturated heterocycles. The van der Waals surface area contributed by atoms with E-state index in [0.29, 0.717) is 25.2 Å². The van der Waals surface area contributed by atoms with Crippen LogP contribution in [0.3, 0.4) is 0 Å². The van der Waals surface area contributed by atoms with E-state index < -0.39 is 10.0 Å². The molecule has 7 heteroatoms. The summed E-state index contributed by atoms with van der Waals surface area (Å²) >= 11 is 0. The molecule has 2 fully saturated rings. The Kier molecular flexibility index (Phi) is 6.51. The van der Waals surface area contributed by atoms with Gasteiger partial charge in [-0.15, -0.1) is 0 Å². The fourth-order valence-corrected chi connectivity index (χ4v) is 5.92. The third kappa shape index (κ3) is 4.58. The summed E-state index contributed by atoms with van der Waals surface area (Å²) in [6.07, 6.45) is 4.12. The molecule has 0 spiro atoms. The Morgan fingerprint density at radius 1 is 0.900 bits per heavy atom. The van der Waals surface area contributed by atoms with Crippen molar-refractivity contribution >= 4 is 15.9 Å². The summed E-state index contributed by atoms with van der Waals surface area (Å²) in [7, 11) is -3.54. The number of carbonyl (C=O) groups excluding carboxylic acids is 1. The first-order valence-electron chi connectivity index (χ1n) is 10.7. The van der Waals surface area contributed by atoms with Gasteiger partial charge in [0.05, 0.1) is 10.9 Å². The molecule has 2 heterocycles. The van der Waals surface area contributed by atoms with Gasteiger partial charge in [0.2, 0.25) is 10.0 Å². The maximum atomic E-state index is 12.9. The maximum Gasteiger partial charge on any atom is 0.251 e. The van der Waals surface area contributed by atoms with Crippen LogP contribution < -0.4 is 5.32 Å². The molecule has 1 amide bonds. The molecule has 6 nitrogen and oxygen atoms in total. The Hall–Kier alpha value is -2.22. The second-order valence-electron chi connectivity index (χ2n) is 8.02. The second kappa shape index (κ2) is 9.29. The molecule has 2 aliphatic rings. The van der Waals surface area contributed by atoms with Crippen LogP contribution in [0.25, 0.3) is 0 Å². The number of nitrogens with one attached hydrogen (secondary N) is 1. The highest BCUT2D eigenvalue weighted by molar-refractivity contribution is 7.89. The maximum absolute atomic E-state index is 12.9. The highest BCUT2D eigenvalue weighted by Crippen LogP contribution is 2.25. The van der Waals surface area contributed by atoms with Gasteiger partial charge in [0.15, 0.2) is 0 Å². The van der Waals surface area contributed by atoms with E-state index in [2.05, 4.69) is 22.3 Å². The number of likely N-dealkylation sites (tertiary alicyclic amines) is 1. The Balaban J connectivity index is 1.48. The minimum Gasteiger partial charge on any atom is -0.350 e. The van der Waals surface area contributed by atoms with Crippen molar-refractivity contribution in [3.8, 4) is 0 Å². The molecule has 2 aliphatic heterocycles. The molecule has 1 N–H and O–H groups in total. The van der Waals surface area contributed by atoms with Crippen molar-refractivity contribution in [3.05, 3.63) is 65.7 Å². The first-order chi connectivity index (χ1) is 14.6. The van der Waals surface area contributed by atoms with Crippen LogP contribution in [0.1, 0.15) is 47.6 Å². The number of rotatable bonds is 7. The van der Waals surface area contributed by atoms with Crippen molar-refractivity contribution in [2.45, 2.75) is 36.6 Å². The van der Waals surface area contributed by atoms with Crippen molar-refractivity contribution in [1.29, 1.82) is 0 Å². The Labute approximate surface area is 178 Å². The molecule has 0 aromatic heterocycles. The fraction of sp³-hybridized carbons (Fsp3) is 0.435. The minimum atomic E-state index is -3.54. The van der Waals surface area contributed by atoms with E-state index in [0.717, 1.165) is 25.9 Å². The van der Waals surface area contributed by atoms with Gasteiger partial charge in [-0.1, -0.05) is 36.4 Å². The monoisotopic (exact) mass is 427 g/mol. The Morgan fingerprint density at radius 3 is 2.27 bits per heavy atom. The minimum absolute atomic E-state index is 0.120. The molecule has 2 aromatic carbocycles. The number of sulfonamides is 1. The smallest absolute Gasteiger partial charge is 0.251 e. The number of nitrogens with zero attached hydrogens (tertiary/aromatic N) is 2. The van der Waals surface area contributed by atoms with Gasteiger partial charge < -0.3 is 5.32 Å². The number of amides is 1. The molecular formula is C23H29N3O3S. The summed E-state index contributed by atoms with van der Waals surface area (Å²) in [6.45, 7) is 3.64. The first-order valence-corrected chi connectivity index (χ1v) is 12.2. The van der Waals surface area contributed by atoms with E-state index in [1.165, 1.54) is 28.8 Å². The number of hydrogen-bond acceptors (Lipinski definition) is 4. The fourth-order valence-electron chi connectivity index (χ4n) is 4.35. The number of carbonyl (C=O) groups is 1. The standard InChI is InChI=1S/C23H29N3O3S/c27-23(20-11-8-12-21(17-20)30(28,29)26-15-6-7-16-26)24-18-22(25-13-4-5-14-25)19-9-2-1-3-10-19/h1-3,8-12,17,22H,4-7,13-16,18H2,(H,24,27). The summed E-state index contributed by atoms with van der Waals surface area (Å²) < 4.78 is 27.1. The summed E-state index contributed by atoms with van der Waals surface area (Å²) in [5.74, 6) is -0.242. The van der Waals surface area contributed by atoms with Gasteiger partial charge in [0.1, 0.15) is 0 Å². The van der Waals surface area contributed by atoms with E-state index in [1.54, 1.807) is 18.2 Å². The van der Waals surface area contributed by atoms with E-state index in [9.17, 15) is 13.2 Å². The molecule has 1 unspecified atom stereocenters. The van der Waals surface area contributed by atoms with E-state index in [-0.39, 0.29) is 16.8 Å². The molecule has 0 saturated carbocycles. The molecule has 30 heavy (non-hydrogen) atoms. The average Bonchev–Trinajstić information content (AvgIpc) is 3.49. The van der Waals surface area contributed by atoms with Gasteiger partial charge >= 0.3 is 0 Å². The van der Waals surface area contributed by atoms with Crippen LogP contribution in [-0.2, 0) is 10.0 Å². The summed E-state index contributed by atoms with van der Waals surface area (Å²) in [6, 6.07) is 16.7. The zero-order valence-corrected chi connectivity index (χ0v) is 18.0. The summed E-state index contributed by atoms with van der Waals surface area (Å²) in [5.41, 5.74) is 1.56. The van der Waals surface area contributed by atoms with E-state index in [4.69, 9.17) is 0 Å². The van der Waals surface area contributed by atoms with E-state index in [1.807, 2.05) is 18.2 Å².